The first kappa shape index (κ1) is 19.0. The molecule has 0 aliphatic rings. The Morgan fingerprint density at radius 2 is 1.92 bits per heavy atom. The predicted octanol–water partition coefficient (Wildman–Crippen LogP) is 3.75. The summed E-state index contributed by atoms with van der Waals surface area (Å²) >= 11 is 10.9. The third kappa shape index (κ3) is 6.25. The quantitative estimate of drug-likeness (QED) is 0.437. The highest BCUT2D eigenvalue weighted by Crippen LogP contribution is 2.29. The molecule has 0 heterocycles. The lowest BCUT2D eigenvalue weighted by molar-refractivity contribution is 0.269. The van der Waals surface area contributed by atoms with E-state index in [1.54, 1.807) is 13.3 Å². The van der Waals surface area contributed by atoms with Crippen molar-refractivity contribution in [1.82, 2.24) is 10.7 Å². The van der Waals surface area contributed by atoms with Gasteiger partial charge in [0.15, 0.2) is 16.6 Å². The van der Waals surface area contributed by atoms with Crippen molar-refractivity contribution < 1.29 is 9.47 Å². The highest BCUT2D eigenvalue weighted by Gasteiger charge is 2.06. The second-order valence-electron chi connectivity index (χ2n) is 5.00. The van der Waals surface area contributed by atoms with Crippen molar-refractivity contribution in [2.75, 3.05) is 13.7 Å². The summed E-state index contributed by atoms with van der Waals surface area (Å²) in [6.07, 6.45) is 1.66. The van der Waals surface area contributed by atoms with Crippen LogP contribution < -0.4 is 20.2 Å². The van der Waals surface area contributed by atoms with E-state index in [0.29, 0.717) is 34.8 Å². The Kier molecular flexibility index (Phi) is 7.50. The van der Waals surface area contributed by atoms with Gasteiger partial charge in [0.25, 0.3) is 0 Å². The van der Waals surface area contributed by atoms with Gasteiger partial charge in [-0.15, -0.1) is 0 Å². The second-order valence-corrected chi connectivity index (χ2v) is 5.85. The Labute approximate surface area is 158 Å². The Hall–Kier alpha value is -2.31. The van der Waals surface area contributed by atoms with Crippen LogP contribution in [0.15, 0.2) is 47.6 Å². The average molecular weight is 378 g/mol. The van der Waals surface area contributed by atoms with Crippen LogP contribution in [-0.4, -0.2) is 25.0 Å². The molecule has 0 atom stereocenters. The standard InChI is InChI=1S/C18H20ClN3O2S/c1-3-23-17-10-14(11-21-22-18(25)20-2)6-9-16(17)24-12-13-4-7-15(19)8-5-13/h4-11H,3,12H2,1-2H3,(H2,20,22,25). The average Bonchev–Trinajstić information content (AvgIpc) is 2.62. The summed E-state index contributed by atoms with van der Waals surface area (Å²) in [5, 5.41) is 7.99. The molecule has 2 aromatic carbocycles. The maximum atomic E-state index is 5.89. The topological polar surface area (TPSA) is 54.9 Å². The highest BCUT2D eigenvalue weighted by molar-refractivity contribution is 7.80. The van der Waals surface area contributed by atoms with E-state index in [1.165, 1.54) is 0 Å². The number of thiocarbonyl (C=S) groups is 1. The molecule has 0 saturated carbocycles. The number of benzene rings is 2. The van der Waals surface area contributed by atoms with E-state index in [0.717, 1.165) is 11.1 Å². The molecule has 132 valence electrons. The summed E-state index contributed by atoms with van der Waals surface area (Å²) < 4.78 is 11.5. The van der Waals surface area contributed by atoms with Crippen LogP contribution in [0.4, 0.5) is 0 Å². The maximum Gasteiger partial charge on any atom is 0.186 e. The first-order valence-electron chi connectivity index (χ1n) is 7.77. The number of hydrazone groups is 1. The molecule has 5 nitrogen and oxygen atoms in total. The van der Waals surface area contributed by atoms with Crippen LogP contribution in [-0.2, 0) is 6.61 Å². The molecule has 2 aromatic rings. The molecule has 7 heteroatoms. The van der Waals surface area contributed by atoms with Crippen LogP contribution in [0.5, 0.6) is 11.5 Å². The van der Waals surface area contributed by atoms with Gasteiger partial charge in [-0.3, -0.25) is 5.43 Å². The van der Waals surface area contributed by atoms with Crippen LogP contribution in [0, 0.1) is 0 Å². The fourth-order valence-corrected chi connectivity index (χ4v) is 2.13. The molecule has 2 rings (SSSR count). The van der Waals surface area contributed by atoms with E-state index in [4.69, 9.17) is 33.3 Å². The van der Waals surface area contributed by atoms with E-state index < -0.39 is 0 Å². The summed E-state index contributed by atoms with van der Waals surface area (Å²) in [6.45, 7) is 2.90. The van der Waals surface area contributed by atoms with Crippen molar-refractivity contribution in [1.29, 1.82) is 0 Å². The predicted molar refractivity (Wildman–Crippen MR) is 106 cm³/mol. The van der Waals surface area contributed by atoms with Crippen molar-refractivity contribution >= 4 is 35.1 Å². The van der Waals surface area contributed by atoms with Crippen molar-refractivity contribution in [3.63, 3.8) is 0 Å². The number of halogens is 1. The molecular formula is C18H20ClN3O2S. The van der Waals surface area contributed by atoms with Gasteiger partial charge in [-0.2, -0.15) is 5.10 Å². The zero-order valence-corrected chi connectivity index (χ0v) is 15.7. The van der Waals surface area contributed by atoms with Gasteiger partial charge in [0.1, 0.15) is 6.61 Å². The number of nitrogens with one attached hydrogen (secondary N) is 2. The lowest BCUT2D eigenvalue weighted by Gasteiger charge is -2.12. The van der Waals surface area contributed by atoms with Crippen molar-refractivity contribution in [2.24, 2.45) is 5.10 Å². The van der Waals surface area contributed by atoms with Crippen LogP contribution in [0.25, 0.3) is 0 Å². The van der Waals surface area contributed by atoms with E-state index in [1.807, 2.05) is 49.4 Å². The van der Waals surface area contributed by atoms with Crippen LogP contribution in [0.2, 0.25) is 5.02 Å². The van der Waals surface area contributed by atoms with Gasteiger partial charge in [0.05, 0.1) is 12.8 Å². The summed E-state index contributed by atoms with van der Waals surface area (Å²) in [5.74, 6) is 1.34. The number of ether oxygens (including phenoxy) is 2. The lowest BCUT2D eigenvalue weighted by Crippen LogP contribution is -2.28. The summed E-state index contributed by atoms with van der Waals surface area (Å²) in [4.78, 5) is 0. The van der Waals surface area contributed by atoms with Crippen LogP contribution in [0.3, 0.4) is 0 Å². The summed E-state index contributed by atoms with van der Waals surface area (Å²) in [5.41, 5.74) is 4.60. The largest absolute Gasteiger partial charge is 0.490 e. The van der Waals surface area contributed by atoms with Crippen LogP contribution >= 0.6 is 23.8 Å². The zero-order chi connectivity index (χ0) is 18.1. The zero-order valence-electron chi connectivity index (χ0n) is 14.1. The van der Waals surface area contributed by atoms with Crippen LogP contribution in [0.1, 0.15) is 18.1 Å². The monoisotopic (exact) mass is 377 g/mol. The fraction of sp³-hybridized carbons (Fsp3) is 0.222. The molecule has 0 saturated heterocycles. The maximum absolute atomic E-state index is 5.89. The SMILES string of the molecule is CCOc1cc(C=NNC(=S)NC)ccc1OCc1ccc(Cl)cc1. The molecule has 25 heavy (non-hydrogen) atoms. The normalized spacial score (nSPS) is 10.5. The van der Waals surface area contributed by atoms with Crippen molar-refractivity contribution in [3.8, 4) is 11.5 Å². The highest BCUT2D eigenvalue weighted by atomic mass is 35.5. The Morgan fingerprint density at radius 3 is 2.60 bits per heavy atom. The molecule has 0 spiro atoms. The number of hydrogen-bond donors (Lipinski definition) is 2. The van der Waals surface area contributed by atoms with E-state index >= 15 is 0 Å². The Morgan fingerprint density at radius 1 is 1.16 bits per heavy atom. The smallest absolute Gasteiger partial charge is 0.186 e. The number of rotatable bonds is 7. The van der Waals surface area contributed by atoms with Gasteiger partial charge in [-0.25, -0.2) is 0 Å². The second kappa shape index (κ2) is 9.86. The fourth-order valence-electron chi connectivity index (χ4n) is 1.96. The van der Waals surface area contributed by atoms with E-state index in [9.17, 15) is 0 Å². The van der Waals surface area contributed by atoms with E-state index in [2.05, 4.69) is 15.8 Å². The molecule has 0 unspecified atom stereocenters. The minimum atomic E-state index is 0.433. The molecule has 2 N–H and O–H groups in total. The van der Waals surface area contributed by atoms with Gasteiger partial charge in [-0.1, -0.05) is 23.7 Å². The van der Waals surface area contributed by atoms with E-state index in [-0.39, 0.29) is 0 Å². The van der Waals surface area contributed by atoms with Gasteiger partial charge in [0.2, 0.25) is 0 Å². The summed E-state index contributed by atoms with van der Waals surface area (Å²) in [7, 11) is 1.73. The minimum Gasteiger partial charge on any atom is -0.490 e. The van der Waals surface area contributed by atoms with Crippen molar-refractivity contribution in [3.05, 3.63) is 58.6 Å². The molecule has 0 bridgehead atoms. The van der Waals surface area contributed by atoms with Crippen molar-refractivity contribution in [2.45, 2.75) is 13.5 Å². The molecule has 0 radical (unpaired) electrons. The molecule has 0 aliphatic heterocycles. The Balaban J connectivity index is 2.06. The first-order chi connectivity index (χ1) is 12.1. The molecule has 0 aliphatic carbocycles. The summed E-state index contributed by atoms with van der Waals surface area (Å²) in [6, 6.07) is 13.2. The lowest BCUT2D eigenvalue weighted by atomic mass is 10.2. The third-order valence-electron chi connectivity index (χ3n) is 3.18. The number of hydrogen-bond acceptors (Lipinski definition) is 4. The first-order valence-corrected chi connectivity index (χ1v) is 8.56. The Bertz CT molecular complexity index is 736. The molecule has 0 aromatic heterocycles. The molecule has 0 amide bonds. The molecular weight excluding hydrogens is 358 g/mol. The van der Waals surface area contributed by atoms with Gasteiger partial charge in [0, 0.05) is 12.1 Å². The van der Waals surface area contributed by atoms with Gasteiger partial charge < -0.3 is 14.8 Å². The van der Waals surface area contributed by atoms with Gasteiger partial charge in [-0.05, 0) is 60.6 Å². The number of nitrogens with zero attached hydrogens (tertiary/aromatic N) is 1. The van der Waals surface area contributed by atoms with Gasteiger partial charge >= 0.3 is 0 Å². The molecule has 0 fully saturated rings. The third-order valence-corrected chi connectivity index (χ3v) is 3.73. The minimum absolute atomic E-state index is 0.433.